The number of hydrogen-bond donors (Lipinski definition) is 9. The predicted molar refractivity (Wildman–Crippen MR) is 260 cm³/mol. The molecule has 0 spiro atoms. The van der Waals surface area contributed by atoms with Crippen LogP contribution in [0.1, 0.15) is 102 Å². The van der Waals surface area contributed by atoms with Crippen LogP contribution in [0.5, 0.6) is 17.2 Å². The molecule has 77 heavy (non-hydrogen) atoms. The Balaban J connectivity index is 0.00000861. The second-order valence-corrected chi connectivity index (χ2v) is 21.7. The van der Waals surface area contributed by atoms with Crippen LogP contribution in [0.3, 0.4) is 0 Å². The van der Waals surface area contributed by atoms with Crippen molar-refractivity contribution in [3.8, 4) is 17.2 Å². The molecule has 25 atom stereocenters. The summed E-state index contributed by atoms with van der Waals surface area (Å²) < 4.78 is 66.3. The van der Waals surface area contributed by atoms with Crippen LogP contribution in [-0.2, 0) is 58.6 Å². The van der Waals surface area contributed by atoms with Crippen molar-refractivity contribution in [1.29, 1.82) is 0 Å². The number of benzene rings is 2. The van der Waals surface area contributed by atoms with E-state index in [-0.39, 0.29) is 89.2 Å². The standard InChI is InChI=1S/C52H76O24.Mg/c1-18-29(72-34-14-30(43(58)21(4)68-34)73-33-13-28(54)42(57)20(3)67-33)12-26-10-25-11-27(49(66-9)48(63)41(56)19(2)53)50(47(62)39(25)46(61)38(26)40(18)55)76-36-16-31(44(59)23(6)70-36)74-35-15-32(45(60)22(5)69-35)75-37-17-52(8,65)51(64)24(7)71-37;/h10,12,19-24,27-28,30-37,41-45,49-51,53-61,64-65H,11,13-17H2,1-9H3;/q;+2/p-2/t19-,20-,21-,22-,23-,24-,27+,28-,30-,31-,32-,33+,34+,35+,36+,37+,41+,42-,43-,44-,45+,49+,50+,51-,52+;/m1./s1. The Bertz CT molecular complexity index is 2360. The minimum atomic E-state index is -1.97. The number of ketones is 2. The van der Waals surface area contributed by atoms with Crippen LogP contribution in [-0.4, -0.2) is 235 Å². The van der Waals surface area contributed by atoms with Gasteiger partial charge in [0.05, 0.1) is 66.6 Å². The summed E-state index contributed by atoms with van der Waals surface area (Å²) in [5, 5.41) is 125. The number of aliphatic hydroxyl groups excluding tert-OH is 8. The summed E-state index contributed by atoms with van der Waals surface area (Å²) in [6.45, 7) is 11.9. The van der Waals surface area contributed by atoms with Gasteiger partial charge >= 0.3 is 23.1 Å². The number of rotatable bonds is 15. The number of ether oxygens (including phenoxy) is 11. The Kier molecular flexibility index (Phi) is 20.1. The Morgan fingerprint density at radius 3 is 1.70 bits per heavy atom. The molecule has 5 saturated heterocycles. The summed E-state index contributed by atoms with van der Waals surface area (Å²) in [6, 6.07) is 2.87. The van der Waals surface area contributed by atoms with Gasteiger partial charge in [0.15, 0.2) is 36.7 Å². The minimum absolute atomic E-state index is 0. The molecule has 2 aromatic rings. The van der Waals surface area contributed by atoms with Crippen LogP contribution in [0.25, 0.3) is 10.8 Å². The minimum Gasteiger partial charge on any atom is -0.872 e. The van der Waals surface area contributed by atoms with E-state index >= 15 is 0 Å². The van der Waals surface area contributed by atoms with Gasteiger partial charge < -0.3 is 108 Å². The Morgan fingerprint density at radius 2 is 1.18 bits per heavy atom. The van der Waals surface area contributed by atoms with Crippen LogP contribution in [0, 0.1) is 12.8 Å². The van der Waals surface area contributed by atoms with E-state index in [1.165, 1.54) is 39.8 Å². The average molecular weight is 1110 g/mol. The number of Topliss-reactive ketones (excluding diaryl/α,β-unsaturated/α-hetero) is 2. The molecule has 5 fully saturated rings. The van der Waals surface area contributed by atoms with Crippen molar-refractivity contribution in [2.75, 3.05) is 7.11 Å². The van der Waals surface area contributed by atoms with Crippen LogP contribution >= 0.6 is 0 Å². The summed E-state index contributed by atoms with van der Waals surface area (Å²) in [6.07, 6.45) is -27.6. The third-order valence-corrected chi connectivity index (χ3v) is 15.8. The monoisotopic (exact) mass is 1110 g/mol. The van der Waals surface area contributed by atoms with Crippen molar-refractivity contribution < 1.29 is 118 Å². The smallest absolute Gasteiger partial charge is 0.872 e. The number of methoxy groups -OCH3 is 1. The molecular formula is C52H74MgO24. The molecule has 1 aliphatic carbocycles. The van der Waals surface area contributed by atoms with Gasteiger partial charge in [0.25, 0.3) is 0 Å². The molecule has 9 N–H and O–H groups in total. The maximum absolute atomic E-state index is 15.0. The number of aliphatic hydroxyl groups is 9. The van der Waals surface area contributed by atoms with Crippen molar-refractivity contribution in [2.24, 2.45) is 5.92 Å². The molecule has 428 valence electrons. The number of carbonyl (C=O) groups excluding carboxylic acids is 2. The van der Waals surface area contributed by atoms with E-state index in [1.807, 2.05) is 0 Å². The first-order valence-electron chi connectivity index (χ1n) is 26.0. The van der Waals surface area contributed by atoms with Crippen LogP contribution in [0.2, 0.25) is 0 Å². The molecule has 5 aliphatic heterocycles. The van der Waals surface area contributed by atoms with Gasteiger partial charge in [0.1, 0.15) is 54.6 Å². The van der Waals surface area contributed by atoms with Gasteiger partial charge in [-0.25, -0.2) is 0 Å². The van der Waals surface area contributed by atoms with Crippen LogP contribution in [0.15, 0.2) is 12.1 Å². The van der Waals surface area contributed by atoms with Gasteiger partial charge in [0, 0.05) is 50.7 Å². The van der Waals surface area contributed by atoms with Gasteiger partial charge in [0.2, 0.25) is 6.29 Å². The second kappa shape index (κ2) is 24.9. The zero-order chi connectivity index (χ0) is 55.6. The molecule has 0 amide bonds. The zero-order valence-corrected chi connectivity index (χ0v) is 46.0. The van der Waals surface area contributed by atoms with Crippen molar-refractivity contribution in [3.05, 3.63) is 28.8 Å². The zero-order valence-electron chi connectivity index (χ0n) is 44.6. The van der Waals surface area contributed by atoms with Crippen molar-refractivity contribution in [1.82, 2.24) is 0 Å². The first-order valence-corrected chi connectivity index (χ1v) is 26.0. The van der Waals surface area contributed by atoms with Crippen LogP contribution < -0.4 is 14.9 Å². The SMILES string of the molecule is CO[C@H](C(=O)[C@@H](O)[C@@H](C)O)[C@@H]1Cc2cc3cc(O[C@H]4C[C@@H](O[C@H]5C[C@@H](O)[C@H](O)[C@@H](C)O5)[C@H](O)[C@@H](C)O4)c(C)c([O-])c3c([O-])c2C(=O)[C@H]1O[C@H]1C[C@@H](O[C@H]2C[C@@H](O[C@H]3C[C@](C)(O)[C@H](O)[C@@H](C)O3)[C@@H](O)[C@@H](C)O2)[C@H](O)[C@@H](C)O1.[Mg+2]. The predicted octanol–water partition coefficient (Wildman–Crippen LogP) is -1.89. The molecule has 0 radical (unpaired) electrons. The maximum atomic E-state index is 15.0. The van der Waals surface area contributed by atoms with Gasteiger partial charge in [-0.3, -0.25) is 9.59 Å². The average Bonchev–Trinajstić information content (AvgIpc) is 3.38. The number of fused-ring (bicyclic) bond motifs is 2. The number of hydrogen-bond acceptors (Lipinski definition) is 24. The van der Waals surface area contributed by atoms with Crippen molar-refractivity contribution >= 4 is 45.4 Å². The van der Waals surface area contributed by atoms with Crippen molar-refractivity contribution in [3.63, 3.8) is 0 Å². The fourth-order valence-electron chi connectivity index (χ4n) is 11.3. The molecule has 0 unspecified atom stereocenters. The fraction of sp³-hybridized carbons (Fsp3) is 0.769. The molecule has 5 heterocycles. The Labute approximate surface area is 461 Å². The first-order chi connectivity index (χ1) is 35.7. The number of carbonyl (C=O) groups is 2. The summed E-state index contributed by atoms with van der Waals surface area (Å²) in [5.41, 5.74) is -1.87. The summed E-state index contributed by atoms with van der Waals surface area (Å²) in [5.74, 6) is -4.94. The van der Waals surface area contributed by atoms with Crippen molar-refractivity contribution in [2.45, 2.75) is 241 Å². The van der Waals surface area contributed by atoms with E-state index in [1.54, 1.807) is 27.7 Å². The molecular weight excluding hydrogens is 1030 g/mol. The largest absolute Gasteiger partial charge is 2.00 e. The molecule has 25 heteroatoms. The van der Waals surface area contributed by atoms with E-state index in [4.69, 9.17) is 52.1 Å². The Morgan fingerprint density at radius 1 is 0.701 bits per heavy atom. The third kappa shape index (κ3) is 12.9. The molecule has 0 saturated carbocycles. The summed E-state index contributed by atoms with van der Waals surface area (Å²) >= 11 is 0. The molecule has 2 aromatic carbocycles. The van der Waals surface area contributed by atoms with Crippen LogP contribution in [0.4, 0.5) is 0 Å². The van der Waals surface area contributed by atoms with E-state index in [0.717, 1.165) is 7.11 Å². The molecule has 6 aliphatic rings. The normalized spacial score (nSPS) is 41.9. The summed E-state index contributed by atoms with van der Waals surface area (Å²) in [7, 11) is 1.16. The molecule has 0 bridgehead atoms. The quantitative estimate of drug-likeness (QED) is 0.0880. The van der Waals surface area contributed by atoms with Gasteiger partial charge in [-0.2, -0.15) is 0 Å². The van der Waals surface area contributed by atoms with Gasteiger partial charge in [-0.1, -0.05) is 17.6 Å². The van der Waals surface area contributed by atoms with Gasteiger partial charge in [-0.15, -0.1) is 0 Å². The molecule has 8 rings (SSSR count). The second-order valence-electron chi connectivity index (χ2n) is 21.7. The van der Waals surface area contributed by atoms with E-state index < -0.39 is 181 Å². The molecule has 24 nitrogen and oxygen atoms in total. The van der Waals surface area contributed by atoms with E-state index in [0.29, 0.717) is 0 Å². The molecule has 0 aromatic heterocycles. The fourth-order valence-corrected chi connectivity index (χ4v) is 11.3. The first kappa shape index (κ1) is 62.1. The van der Waals surface area contributed by atoms with Gasteiger partial charge in [-0.05, 0) is 89.8 Å². The topological polar surface area (TPSA) is 364 Å². The summed E-state index contributed by atoms with van der Waals surface area (Å²) in [4.78, 5) is 28.8. The van der Waals surface area contributed by atoms with E-state index in [9.17, 15) is 65.8 Å². The van der Waals surface area contributed by atoms with E-state index in [2.05, 4.69) is 0 Å². The third-order valence-electron chi connectivity index (χ3n) is 15.8. The maximum Gasteiger partial charge on any atom is 2.00 e. The Hall–Kier alpha value is -2.55.